The van der Waals surface area contributed by atoms with Gasteiger partial charge in [0.05, 0.1) is 17.0 Å². The van der Waals surface area contributed by atoms with Crippen LogP contribution in [0.4, 0.5) is 0 Å². The van der Waals surface area contributed by atoms with Gasteiger partial charge >= 0.3 is 0 Å². The number of Topliss-reactive ketones (excluding diaryl/α,β-unsaturated/α-hetero) is 1. The van der Waals surface area contributed by atoms with Crippen molar-refractivity contribution in [3.8, 4) is 11.5 Å². The molecule has 7 rings (SSSR count). The van der Waals surface area contributed by atoms with Crippen molar-refractivity contribution in [3.63, 3.8) is 0 Å². The third-order valence-electron chi connectivity index (χ3n) is 7.43. The molecule has 1 aromatic rings. The minimum absolute atomic E-state index is 0.0389. The molecule has 5 nitrogen and oxygen atoms in total. The number of nitrogens with zero attached hydrogens (tertiary/aromatic N) is 1. The van der Waals surface area contributed by atoms with E-state index in [1.54, 1.807) is 6.07 Å². The van der Waals surface area contributed by atoms with Crippen molar-refractivity contribution in [3.05, 3.63) is 35.5 Å². The highest BCUT2D eigenvalue weighted by molar-refractivity contribution is 5.91. The second-order valence-electron chi connectivity index (χ2n) is 8.17. The number of hydrogen-bond acceptors (Lipinski definition) is 5. The highest BCUT2D eigenvalue weighted by Crippen LogP contribution is 2.79. The van der Waals surface area contributed by atoms with Crippen LogP contribution in [0, 0.1) is 0 Å². The molecule has 0 amide bonds. The van der Waals surface area contributed by atoms with Gasteiger partial charge in [-0.15, -0.1) is 0 Å². The van der Waals surface area contributed by atoms with Crippen molar-refractivity contribution in [2.24, 2.45) is 0 Å². The molecule has 2 bridgehead atoms. The zero-order valence-corrected chi connectivity index (χ0v) is 13.5. The van der Waals surface area contributed by atoms with Crippen molar-refractivity contribution in [2.75, 3.05) is 0 Å². The second-order valence-corrected chi connectivity index (χ2v) is 8.17. The maximum atomic E-state index is 12.6. The van der Waals surface area contributed by atoms with Crippen molar-refractivity contribution >= 4 is 5.78 Å². The summed E-state index contributed by atoms with van der Waals surface area (Å²) in [6.07, 6.45) is 1.61. The molecule has 6 aliphatic rings. The molecule has 0 aromatic heterocycles. The lowest BCUT2D eigenvalue weighted by atomic mass is 9.41. The van der Waals surface area contributed by atoms with Crippen LogP contribution in [0.1, 0.15) is 37.3 Å². The summed E-state index contributed by atoms with van der Waals surface area (Å²) in [5, 5.41) is 22.1. The number of carbonyl (C=O) groups is 1. The summed E-state index contributed by atoms with van der Waals surface area (Å²) in [5.41, 5.74) is 0.932. The van der Waals surface area contributed by atoms with Crippen LogP contribution in [0.3, 0.4) is 0 Å². The van der Waals surface area contributed by atoms with Gasteiger partial charge in [0, 0.05) is 17.7 Å². The van der Waals surface area contributed by atoms with Crippen molar-refractivity contribution in [2.45, 2.75) is 61.3 Å². The highest BCUT2D eigenvalue weighted by Gasteiger charge is 2.92. The summed E-state index contributed by atoms with van der Waals surface area (Å²) >= 11 is 0. The Balaban J connectivity index is 1.69. The number of phenols is 1. The molecule has 5 atom stereocenters. The number of ketones is 1. The van der Waals surface area contributed by atoms with Crippen LogP contribution in [0.15, 0.2) is 24.4 Å². The normalized spacial score (nSPS) is 45.6. The summed E-state index contributed by atoms with van der Waals surface area (Å²) in [7, 11) is 0. The van der Waals surface area contributed by atoms with E-state index in [0.717, 1.165) is 23.2 Å². The standard InChI is InChI=1S/C19H19NO4/c1-9(2)20-13-7-10-3-4-11(21)15-14(10)17-8-18(13,20)19(17,23)6-5-12(22)16(17)24-15/h3-4,13,16,21,23H,1,5-8H2,2H3/t13?,16-,17-,18?,19-,20?/m0/s1. The average Bonchev–Trinajstić information content (AvgIpc) is 3.09. The zero-order valence-electron chi connectivity index (χ0n) is 13.5. The van der Waals surface area contributed by atoms with Gasteiger partial charge in [-0.05, 0) is 37.8 Å². The van der Waals surface area contributed by atoms with Crippen LogP contribution in [-0.4, -0.2) is 44.2 Å². The highest BCUT2D eigenvalue weighted by atomic mass is 16.5. The fourth-order valence-corrected chi connectivity index (χ4v) is 6.70. The minimum atomic E-state index is -0.994. The van der Waals surface area contributed by atoms with E-state index in [-0.39, 0.29) is 23.1 Å². The van der Waals surface area contributed by atoms with E-state index in [1.807, 2.05) is 13.0 Å². The molecule has 2 spiro atoms. The molecule has 24 heavy (non-hydrogen) atoms. The van der Waals surface area contributed by atoms with Crippen LogP contribution in [0.5, 0.6) is 11.5 Å². The summed E-state index contributed by atoms with van der Waals surface area (Å²) < 4.78 is 5.97. The SMILES string of the molecule is C=C(C)N1C2Cc3ccc(O)c4c3[C@]35CC21[C@]3(O)CCC(=O)[C@@H]5O4. The van der Waals surface area contributed by atoms with E-state index >= 15 is 0 Å². The summed E-state index contributed by atoms with van der Waals surface area (Å²) in [5.74, 6) is 0.530. The average molecular weight is 325 g/mol. The van der Waals surface area contributed by atoms with Crippen LogP contribution >= 0.6 is 0 Å². The van der Waals surface area contributed by atoms with Gasteiger partial charge in [-0.2, -0.15) is 0 Å². The predicted molar refractivity (Wildman–Crippen MR) is 84.9 cm³/mol. The number of aromatic hydroxyl groups is 1. The summed E-state index contributed by atoms with van der Waals surface area (Å²) in [6.45, 7) is 6.09. The molecular formula is C19H19NO4. The fourth-order valence-electron chi connectivity index (χ4n) is 6.70. The van der Waals surface area contributed by atoms with Crippen LogP contribution in [0.2, 0.25) is 0 Å². The van der Waals surface area contributed by atoms with Gasteiger partial charge in [0.15, 0.2) is 23.4 Å². The van der Waals surface area contributed by atoms with E-state index in [9.17, 15) is 15.0 Å². The van der Waals surface area contributed by atoms with E-state index in [4.69, 9.17) is 4.74 Å². The monoisotopic (exact) mass is 325 g/mol. The third-order valence-corrected chi connectivity index (χ3v) is 7.43. The summed E-state index contributed by atoms with van der Waals surface area (Å²) in [6, 6.07) is 3.80. The Labute approximate surface area is 139 Å². The first-order valence-electron chi connectivity index (χ1n) is 8.60. The lowest BCUT2D eigenvalue weighted by Crippen LogP contribution is -2.80. The largest absolute Gasteiger partial charge is 0.504 e. The van der Waals surface area contributed by atoms with Crippen molar-refractivity contribution in [1.82, 2.24) is 4.90 Å². The number of carbonyl (C=O) groups excluding carboxylic acids is 1. The smallest absolute Gasteiger partial charge is 0.174 e. The van der Waals surface area contributed by atoms with Gasteiger partial charge in [0.1, 0.15) is 5.60 Å². The Hall–Kier alpha value is -2.01. The van der Waals surface area contributed by atoms with E-state index in [2.05, 4.69) is 11.5 Å². The molecule has 2 aliphatic heterocycles. The van der Waals surface area contributed by atoms with E-state index in [0.29, 0.717) is 25.0 Å². The van der Waals surface area contributed by atoms with Crippen molar-refractivity contribution in [1.29, 1.82) is 0 Å². The molecule has 3 fully saturated rings. The number of rotatable bonds is 1. The molecule has 2 saturated carbocycles. The molecule has 5 heteroatoms. The number of benzene rings is 1. The van der Waals surface area contributed by atoms with Gasteiger partial charge < -0.3 is 19.8 Å². The maximum Gasteiger partial charge on any atom is 0.174 e. The Morgan fingerprint density at radius 3 is 3.00 bits per heavy atom. The summed E-state index contributed by atoms with van der Waals surface area (Å²) in [4.78, 5) is 14.9. The van der Waals surface area contributed by atoms with Crippen molar-refractivity contribution < 1.29 is 19.7 Å². The lowest BCUT2D eigenvalue weighted by Gasteiger charge is -2.63. The predicted octanol–water partition coefficient (Wildman–Crippen LogP) is 1.40. The van der Waals surface area contributed by atoms with Gasteiger partial charge in [-0.1, -0.05) is 12.6 Å². The molecule has 1 saturated heterocycles. The maximum absolute atomic E-state index is 12.6. The number of phenolic OH excluding ortho intramolecular Hbond substituents is 1. The molecule has 2 N–H and O–H groups in total. The van der Waals surface area contributed by atoms with Gasteiger partial charge in [0.25, 0.3) is 0 Å². The first kappa shape index (κ1) is 13.3. The molecule has 2 unspecified atom stereocenters. The fraction of sp³-hybridized carbons (Fsp3) is 0.526. The Bertz CT molecular complexity index is 878. The second kappa shape index (κ2) is 3.36. The van der Waals surface area contributed by atoms with Gasteiger partial charge in [-0.25, -0.2) is 0 Å². The first-order valence-corrected chi connectivity index (χ1v) is 8.60. The topological polar surface area (TPSA) is 69.8 Å². The number of allylic oxidation sites excluding steroid dienone is 1. The van der Waals surface area contributed by atoms with Crippen LogP contribution in [-0.2, 0) is 16.6 Å². The lowest BCUT2D eigenvalue weighted by molar-refractivity contribution is -0.208. The first-order chi connectivity index (χ1) is 11.4. The Kier molecular flexibility index (Phi) is 1.86. The number of hydrogen-bond donors (Lipinski definition) is 2. The van der Waals surface area contributed by atoms with E-state index in [1.165, 1.54) is 0 Å². The van der Waals surface area contributed by atoms with Crippen LogP contribution < -0.4 is 4.74 Å². The number of aliphatic hydroxyl groups is 1. The van der Waals surface area contributed by atoms with Crippen LogP contribution in [0.25, 0.3) is 0 Å². The zero-order chi connectivity index (χ0) is 16.6. The number of ether oxygens (including phenoxy) is 1. The molecule has 2 heterocycles. The minimum Gasteiger partial charge on any atom is -0.504 e. The molecular weight excluding hydrogens is 306 g/mol. The van der Waals surface area contributed by atoms with Gasteiger partial charge in [-0.3, -0.25) is 4.79 Å². The Morgan fingerprint density at radius 2 is 2.25 bits per heavy atom. The third kappa shape index (κ3) is 0.953. The molecule has 124 valence electrons. The molecule has 4 aliphatic carbocycles. The van der Waals surface area contributed by atoms with E-state index < -0.39 is 17.1 Å². The Morgan fingerprint density at radius 1 is 1.46 bits per heavy atom. The quantitative estimate of drug-likeness (QED) is 0.764. The van der Waals surface area contributed by atoms with Gasteiger partial charge in [0.2, 0.25) is 0 Å². The molecule has 0 radical (unpaired) electrons. The molecule has 1 aromatic carbocycles.